The van der Waals surface area contributed by atoms with E-state index < -0.39 is 11.4 Å². The number of carboxylic acids is 1. The number of hydrogen-bond donors (Lipinski definition) is 1. The first kappa shape index (κ1) is 21.7. The zero-order chi connectivity index (χ0) is 22.0. The third kappa shape index (κ3) is 4.57. The van der Waals surface area contributed by atoms with E-state index in [-0.39, 0.29) is 5.56 Å². The minimum Gasteiger partial charge on any atom is -0.492 e. The van der Waals surface area contributed by atoms with Gasteiger partial charge in [-0.15, -0.1) is 0 Å². The van der Waals surface area contributed by atoms with E-state index in [0.717, 1.165) is 30.5 Å². The highest BCUT2D eigenvalue weighted by Gasteiger charge is 2.27. The van der Waals surface area contributed by atoms with E-state index in [1.54, 1.807) is 17.9 Å². The normalized spacial score (nSPS) is 15.2. The van der Waals surface area contributed by atoms with Crippen molar-refractivity contribution < 1.29 is 19.4 Å². The molecule has 1 saturated carbocycles. The molecule has 7 nitrogen and oxygen atoms in total. The molecule has 0 amide bonds. The van der Waals surface area contributed by atoms with Crippen LogP contribution >= 0.6 is 11.6 Å². The molecule has 1 N–H and O–H groups in total. The summed E-state index contributed by atoms with van der Waals surface area (Å²) in [6, 6.07) is 5.13. The molecular formula is C23H27ClN2O5. The lowest BCUT2D eigenvalue weighted by molar-refractivity contribution is 0.0694. The maximum absolute atomic E-state index is 12.4. The van der Waals surface area contributed by atoms with Crippen molar-refractivity contribution in [1.29, 1.82) is 0 Å². The molecule has 2 aliphatic rings. The summed E-state index contributed by atoms with van der Waals surface area (Å²) in [4.78, 5) is 24.0. The van der Waals surface area contributed by atoms with Crippen molar-refractivity contribution in [1.82, 2.24) is 4.68 Å². The quantitative estimate of drug-likeness (QED) is 0.588. The van der Waals surface area contributed by atoms with Gasteiger partial charge >= 0.3 is 5.97 Å². The first-order valence-corrected chi connectivity index (χ1v) is 11.1. The van der Waals surface area contributed by atoms with Crippen LogP contribution in [-0.4, -0.2) is 42.6 Å². The summed E-state index contributed by atoms with van der Waals surface area (Å²) in [6.45, 7) is 2.48. The van der Waals surface area contributed by atoms with Crippen molar-refractivity contribution in [3.05, 3.63) is 50.8 Å². The second kappa shape index (κ2) is 9.32. The number of hydrogen-bond acceptors (Lipinski definition) is 5. The molecule has 0 radical (unpaired) electrons. The maximum Gasteiger partial charge on any atom is 0.341 e. The molecule has 1 aromatic heterocycles. The van der Waals surface area contributed by atoms with Gasteiger partial charge in [0.15, 0.2) is 5.43 Å². The molecule has 0 unspecified atom stereocenters. The van der Waals surface area contributed by atoms with Gasteiger partial charge in [0.05, 0.1) is 23.9 Å². The van der Waals surface area contributed by atoms with Crippen LogP contribution in [0.15, 0.2) is 29.2 Å². The first-order chi connectivity index (χ1) is 15.0. The molecule has 2 aromatic rings. The average molecular weight is 447 g/mol. The molecule has 0 bridgehead atoms. The fourth-order valence-corrected chi connectivity index (χ4v) is 4.37. The highest BCUT2D eigenvalue weighted by molar-refractivity contribution is 6.32. The van der Waals surface area contributed by atoms with Crippen LogP contribution in [0.3, 0.4) is 0 Å². The van der Waals surface area contributed by atoms with Crippen molar-refractivity contribution in [2.75, 3.05) is 31.9 Å². The van der Waals surface area contributed by atoms with E-state index in [9.17, 15) is 14.7 Å². The summed E-state index contributed by atoms with van der Waals surface area (Å²) in [5.41, 5.74) is 1.73. The largest absolute Gasteiger partial charge is 0.492 e. The molecular weight excluding hydrogens is 420 g/mol. The molecule has 0 spiro atoms. The summed E-state index contributed by atoms with van der Waals surface area (Å²) >= 11 is 6.48. The second-order valence-corrected chi connectivity index (χ2v) is 8.60. The molecule has 1 aliphatic heterocycles. The van der Waals surface area contributed by atoms with Crippen LogP contribution < -0.4 is 15.2 Å². The number of pyridine rings is 1. The highest BCUT2D eigenvalue weighted by Crippen LogP contribution is 2.37. The standard InChI is InChI=1S/C23H27ClN2O5/c1-30-8-3-9-31-22-10-16-13-25(7-6-15-4-2-5-15)26-14-18(23(28)29)21(27)12-20(26)17(16)11-19(22)24/h10-12,14-15H,2-9,13H2,1H3,(H,28,29). The molecule has 1 aliphatic carbocycles. The van der Waals surface area contributed by atoms with E-state index in [2.05, 4.69) is 5.01 Å². The van der Waals surface area contributed by atoms with Gasteiger partial charge in [0.1, 0.15) is 11.3 Å². The number of fused-ring (bicyclic) bond motifs is 3. The SMILES string of the molecule is COCCCOc1cc2c(cc1Cl)-c1cc(=O)c(C(=O)O)cn1N(CCC1CCC1)C2. The van der Waals surface area contributed by atoms with Crippen LogP contribution in [0.5, 0.6) is 5.75 Å². The van der Waals surface area contributed by atoms with Crippen molar-refractivity contribution in [2.45, 2.75) is 38.6 Å². The van der Waals surface area contributed by atoms with Crippen molar-refractivity contribution >= 4 is 17.6 Å². The monoisotopic (exact) mass is 446 g/mol. The van der Waals surface area contributed by atoms with Crippen LogP contribution in [0.2, 0.25) is 5.02 Å². The van der Waals surface area contributed by atoms with Gasteiger partial charge in [-0.3, -0.25) is 9.47 Å². The zero-order valence-corrected chi connectivity index (χ0v) is 18.4. The summed E-state index contributed by atoms with van der Waals surface area (Å²) < 4.78 is 12.7. The Morgan fingerprint density at radius 1 is 1.26 bits per heavy atom. The highest BCUT2D eigenvalue weighted by atomic mass is 35.5. The number of aromatic nitrogens is 1. The molecule has 31 heavy (non-hydrogen) atoms. The van der Waals surface area contributed by atoms with Gasteiger partial charge < -0.3 is 19.6 Å². The lowest BCUT2D eigenvalue weighted by atomic mass is 9.83. The van der Waals surface area contributed by atoms with Crippen molar-refractivity contribution in [3.8, 4) is 17.0 Å². The summed E-state index contributed by atoms with van der Waals surface area (Å²) in [5, 5.41) is 12.0. The van der Waals surface area contributed by atoms with Crippen LogP contribution in [0.25, 0.3) is 11.3 Å². The molecule has 4 rings (SSSR count). The average Bonchev–Trinajstić information content (AvgIpc) is 2.70. The fraction of sp³-hybridized carbons (Fsp3) is 0.478. The van der Waals surface area contributed by atoms with Gasteiger partial charge in [-0.1, -0.05) is 30.9 Å². The minimum absolute atomic E-state index is 0.231. The Hall–Kier alpha value is -2.51. The lowest BCUT2D eigenvalue weighted by Crippen LogP contribution is -2.41. The number of carbonyl (C=O) groups is 1. The Bertz CT molecular complexity index is 1030. The number of nitrogens with zero attached hydrogens (tertiary/aromatic N) is 2. The number of benzene rings is 1. The van der Waals surface area contributed by atoms with E-state index in [0.29, 0.717) is 42.1 Å². The van der Waals surface area contributed by atoms with E-state index in [1.807, 2.05) is 6.07 Å². The Morgan fingerprint density at radius 3 is 2.74 bits per heavy atom. The first-order valence-electron chi connectivity index (χ1n) is 10.7. The van der Waals surface area contributed by atoms with Gasteiger partial charge in [0, 0.05) is 44.5 Å². The molecule has 166 valence electrons. The molecule has 0 atom stereocenters. The summed E-state index contributed by atoms with van der Waals surface area (Å²) in [5.74, 6) is 0.101. The van der Waals surface area contributed by atoms with Gasteiger partial charge in [-0.2, -0.15) is 0 Å². The predicted molar refractivity (Wildman–Crippen MR) is 119 cm³/mol. The fourth-order valence-electron chi connectivity index (χ4n) is 4.15. The lowest BCUT2D eigenvalue weighted by Gasteiger charge is -2.37. The third-order valence-electron chi connectivity index (χ3n) is 6.12. The number of rotatable bonds is 9. The summed E-state index contributed by atoms with van der Waals surface area (Å²) in [7, 11) is 1.65. The molecule has 1 aromatic carbocycles. The Kier molecular flexibility index (Phi) is 6.53. The van der Waals surface area contributed by atoms with Crippen molar-refractivity contribution in [3.63, 3.8) is 0 Å². The number of carboxylic acid groups (broad SMARTS) is 1. The number of methoxy groups -OCH3 is 1. The molecule has 1 fully saturated rings. The number of halogens is 1. The van der Waals surface area contributed by atoms with Crippen molar-refractivity contribution in [2.24, 2.45) is 5.92 Å². The number of ether oxygens (including phenoxy) is 2. The second-order valence-electron chi connectivity index (χ2n) is 8.19. The van der Waals surface area contributed by atoms with E-state index in [4.69, 9.17) is 21.1 Å². The third-order valence-corrected chi connectivity index (χ3v) is 6.42. The van der Waals surface area contributed by atoms with Gasteiger partial charge in [-0.05, 0) is 30.0 Å². The van der Waals surface area contributed by atoms with Crippen LogP contribution in [0.4, 0.5) is 0 Å². The minimum atomic E-state index is -1.22. The van der Waals surface area contributed by atoms with Crippen LogP contribution in [0.1, 0.15) is 48.0 Å². The molecule has 2 heterocycles. The summed E-state index contributed by atoms with van der Waals surface area (Å²) in [6.07, 6.45) is 7.01. The Labute approximate surface area is 186 Å². The van der Waals surface area contributed by atoms with Gasteiger partial charge in [-0.25, -0.2) is 4.79 Å². The maximum atomic E-state index is 12.4. The molecule has 8 heteroatoms. The van der Waals surface area contributed by atoms with Gasteiger partial charge in [0.25, 0.3) is 0 Å². The smallest absolute Gasteiger partial charge is 0.341 e. The van der Waals surface area contributed by atoms with Crippen LogP contribution in [0, 0.1) is 5.92 Å². The Balaban J connectivity index is 1.69. The zero-order valence-electron chi connectivity index (χ0n) is 17.6. The van der Waals surface area contributed by atoms with E-state index in [1.165, 1.54) is 31.5 Å². The topological polar surface area (TPSA) is 81.0 Å². The van der Waals surface area contributed by atoms with E-state index >= 15 is 0 Å². The van der Waals surface area contributed by atoms with Crippen LogP contribution in [-0.2, 0) is 11.3 Å². The Morgan fingerprint density at radius 2 is 2.06 bits per heavy atom. The number of aromatic carboxylic acids is 1. The molecule has 0 saturated heterocycles. The van der Waals surface area contributed by atoms with Gasteiger partial charge in [0.2, 0.25) is 0 Å². The predicted octanol–water partition coefficient (Wildman–Crippen LogP) is 3.92.